The lowest BCUT2D eigenvalue weighted by Gasteiger charge is -2.31. The molecule has 4 rings (SSSR count). The minimum Gasteiger partial charge on any atom is -0.328 e. The second-order valence-corrected chi connectivity index (χ2v) is 9.56. The third-order valence-corrected chi connectivity index (χ3v) is 7.16. The van der Waals surface area contributed by atoms with Crippen molar-refractivity contribution in [2.24, 2.45) is 0 Å². The standard InChI is InChI=1S/C21H24N4O3S/c1-17-7-8-20-22-19(13-21(26)25(20)14-17)15-23-9-11-24(12-10-23)29(27,28)16-18-5-3-2-4-6-18/h2-8,13-14H,9-12,15-16H2,1H3/p+1. The maximum Gasteiger partial charge on any atom is 0.258 e. The zero-order valence-corrected chi connectivity index (χ0v) is 17.2. The van der Waals surface area contributed by atoms with Gasteiger partial charge in [0.15, 0.2) is 0 Å². The van der Waals surface area contributed by atoms with Crippen LogP contribution in [0.25, 0.3) is 5.65 Å². The molecule has 3 heterocycles. The second-order valence-electron chi connectivity index (χ2n) is 7.59. The molecule has 1 N–H and O–H groups in total. The predicted molar refractivity (Wildman–Crippen MR) is 111 cm³/mol. The third kappa shape index (κ3) is 4.55. The van der Waals surface area contributed by atoms with Crippen LogP contribution < -0.4 is 10.5 Å². The molecule has 1 aliphatic rings. The van der Waals surface area contributed by atoms with Crippen LogP contribution in [0.5, 0.6) is 0 Å². The largest absolute Gasteiger partial charge is 0.328 e. The lowest BCUT2D eigenvalue weighted by Crippen LogP contribution is -3.13. The van der Waals surface area contributed by atoms with E-state index in [0.717, 1.165) is 16.8 Å². The molecule has 1 aliphatic heterocycles. The van der Waals surface area contributed by atoms with Crippen LogP contribution in [0, 0.1) is 6.92 Å². The maximum absolute atomic E-state index is 12.7. The van der Waals surface area contributed by atoms with E-state index < -0.39 is 10.0 Å². The van der Waals surface area contributed by atoms with E-state index in [2.05, 4.69) is 4.98 Å². The minimum absolute atomic E-state index is 0.0333. The Morgan fingerprint density at radius 3 is 2.52 bits per heavy atom. The van der Waals surface area contributed by atoms with Gasteiger partial charge in [-0.05, 0) is 24.1 Å². The Morgan fingerprint density at radius 2 is 1.79 bits per heavy atom. The monoisotopic (exact) mass is 413 g/mol. The summed E-state index contributed by atoms with van der Waals surface area (Å²) in [6, 6.07) is 14.6. The molecular weight excluding hydrogens is 388 g/mol. The van der Waals surface area contributed by atoms with Gasteiger partial charge in [0.1, 0.15) is 17.9 Å². The van der Waals surface area contributed by atoms with Gasteiger partial charge in [-0.1, -0.05) is 36.4 Å². The van der Waals surface area contributed by atoms with Crippen LogP contribution in [0.1, 0.15) is 16.8 Å². The molecule has 2 aromatic heterocycles. The van der Waals surface area contributed by atoms with Crippen LogP contribution >= 0.6 is 0 Å². The number of nitrogens with zero attached hydrogens (tertiary/aromatic N) is 3. The summed E-state index contributed by atoms with van der Waals surface area (Å²) in [7, 11) is -3.32. The van der Waals surface area contributed by atoms with Gasteiger partial charge in [0.05, 0.1) is 31.9 Å². The Kier molecular flexibility index (Phi) is 5.49. The number of sulfonamides is 1. The fourth-order valence-electron chi connectivity index (χ4n) is 3.74. The third-order valence-electron chi connectivity index (χ3n) is 5.31. The number of fused-ring (bicyclic) bond motifs is 1. The Balaban J connectivity index is 1.40. The van der Waals surface area contributed by atoms with Crippen LogP contribution in [0.15, 0.2) is 59.5 Å². The topological polar surface area (TPSA) is 76.2 Å². The van der Waals surface area contributed by atoms with Crippen LogP contribution in [0.3, 0.4) is 0 Å². The van der Waals surface area contributed by atoms with E-state index >= 15 is 0 Å². The number of hydrogen-bond donors (Lipinski definition) is 1. The average molecular weight is 414 g/mol. The summed E-state index contributed by atoms with van der Waals surface area (Å²) in [4.78, 5) is 18.2. The molecule has 1 aromatic carbocycles. The van der Waals surface area contributed by atoms with Gasteiger partial charge in [-0.25, -0.2) is 13.4 Å². The average Bonchev–Trinajstić information content (AvgIpc) is 2.69. The number of nitrogens with one attached hydrogen (secondary N) is 1. The molecule has 0 radical (unpaired) electrons. The van der Waals surface area contributed by atoms with Crippen molar-refractivity contribution in [2.45, 2.75) is 19.2 Å². The van der Waals surface area contributed by atoms with Crippen molar-refractivity contribution in [3.63, 3.8) is 0 Å². The van der Waals surface area contributed by atoms with Gasteiger partial charge in [0, 0.05) is 12.3 Å². The number of hydrogen-bond acceptors (Lipinski definition) is 4. The van der Waals surface area contributed by atoms with Gasteiger partial charge >= 0.3 is 0 Å². The first-order chi connectivity index (χ1) is 13.9. The van der Waals surface area contributed by atoms with Gasteiger partial charge in [-0.2, -0.15) is 4.31 Å². The minimum atomic E-state index is -3.32. The molecule has 0 amide bonds. The molecule has 0 saturated carbocycles. The summed E-state index contributed by atoms with van der Waals surface area (Å²) in [5.74, 6) is 0.0333. The summed E-state index contributed by atoms with van der Waals surface area (Å²) in [6.07, 6.45) is 1.79. The highest BCUT2D eigenvalue weighted by Crippen LogP contribution is 2.11. The lowest BCUT2D eigenvalue weighted by atomic mass is 10.2. The van der Waals surface area contributed by atoms with Crippen LogP contribution in [-0.4, -0.2) is 48.3 Å². The number of pyridine rings is 1. The first kappa shape index (κ1) is 19.8. The molecule has 29 heavy (non-hydrogen) atoms. The van der Waals surface area contributed by atoms with Crippen molar-refractivity contribution in [1.29, 1.82) is 0 Å². The van der Waals surface area contributed by atoms with Gasteiger partial charge in [-0.15, -0.1) is 0 Å². The zero-order valence-electron chi connectivity index (χ0n) is 16.4. The van der Waals surface area contributed by atoms with E-state index in [9.17, 15) is 13.2 Å². The van der Waals surface area contributed by atoms with Crippen molar-refractivity contribution in [3.05, 3.63) is 81.9 Å². The highest BCUT2D eigenvalue weighted by Gasteiger charge is 2.29. The Labute approximate surface area is 170 Å². The molecule has 0 unspecified atom stereocenters. The van der Waals surface area contributed by atoms with Crippen molar-refractivity contribution in [2.75, 3.05) is 26.2 Å². The Hall–Kier alpha value is -2.55. The number of piperazine rings is 1. The van der Waals surface area contributed by atoms with Gasteiger partial charge in [0.2, 0.25) is 10.0 Å². The Bertz CT molecular complexity index is 1170. The van der Waals surface area contributed by atoms with Crippen molar-refractivity contribution in [3.8, 4) is 0 Å². The molecule has 1 fully saturated rings. The summed E-state index contributed by atoms with van der Waals surface area (Å²) < 4.78 is 28.5. The van der Waals surface area contributed by atoms with Gasteiger partial charge in [-0.3, -0.25) is 9.20 Å². The fraction of sp³-hybridized carbons (Fsp3) is 0.333. The molecular formula is C21H25N4O3S+. The van der Waals surface area contributed by atoms with E-state index in [1.165, 1.54) is 4.90 Å². The number of benzene rings is 1. The SMILES string of the molecule is Cc1ccc2nc(C[NH+]3CCN(S(=O)(=O)Cc4ccccc4)CC3)cc(=O)n2c1. The molecule has 7 nitrogen and oxygen atoms in total. The Morgan fingerprint density at radius 1 is 1.07 bits per heavy atom. The van der Waals surface area contributed by atoms with Crippen molar-refractivity contribution in [1.82, 2.24) is 13.7 Å². The van der Waals surface area contributed by atoms with Crippen LogP contribution in [0.2, 0.25) is 0 Å². The van der Waals surface area contributed by atoms with Gasteiger partial charge < -0.3 is 4.90 Å². The lowest BCUT2D eigenvalue weighted by molar-refractivity contribution is -0.917. The first-order valence-corrected chi connectivity index (χ1v) is 11.4. The quantitative estimate of drug-likeness (QED) is 0.650. The smallest absolute Gasteiger partial charge is 0.258 e. The van der Waals surface area contributed by atoms with E-state index in [-0.39, 0.29) is 11.3 Å². The highest BCUT2D eigenvalue weighted by atomic mass is 32.2. The van der Waals surface area contributed by atoms with Crippen LogP contribution in [0.4, 0.5) is 0 Å². The normalized spacial score (nSPS) is 16.3. The van der Waals surface area contributed by atoms with Crippen molar-refractivity contribution >= 4 is 15.7 Å². The predicted octanol–water partition coefficient (Wildman–Crippen LogP) is 0.233. The molecule has 152 valence electrons. The van der Waals surface area contributed by atoms with E-state index in [1.54, 1.807) is 21.0 Å². The molecule has 0 bridgehead atoms. The molecule has 0 atom stereocenters. The summed E-state index contributed by atoms with van der Waals surface area (Å²) >= 11 is 0. The number of rotatable bonds is 5. The van der Waals surface area contributed by atoms with E-state index in [1.807, 2.05) is 49.4 Å². The summed E-state index contributed by atoms with van der Waals surface area (Å²) in [6.45, 7) is 4.92. The summed E-state index contributed by atoms with van der Waals surface area (Å²) in [5.41, 5.74) is 3.11. The molecule has 1 saturated heterocycles. The number of aromatic nitrogens is 2. The molecule has 0 spiro atoms. The van der Waals surface area contributed by atoms with E-state index in [4.69, 9.17) is 0 Å². The number of quaternary nitrogens is 1. The van der Waals surface area contributed by atoms with Crippen molar-refractivity contribution < 1.29 is 13.3 Å². The maximum atomic E-state index is 12.7. The summed E-state index contributed by atoms with van der Waals surface area (Å²) in [5, 5.41) is 0. The van der Waals surface area contributed by atoms with E-state index in [0.29, 0.717) is 38.4 Å². The second kappa shape index (κ2) is 8.06. The zero-order chi connectivity index (χ0) is 20.4. The first-order valence-electron chi connectivity index (χ1n) is 9.75. The molecule has 8 heteroatoms. The molecule has 0 aliphatic carbocycles. The highest BCUT2D eigenvalue weighted by molar-refractivity contribution is 7.88. The number of aryl methyl sites for hydroxylation is 1. The van der Waals surface area contributed by atoms with Crippen LogP contribution in [-0.2, 0) is 22.3 Å². The van der Waals surface area contributed by atoms with Gasteiger partial charge in [0.25, 0.3) is 5.56 Å². The molecule has 3 aromatic rings. The fourth-order valence-corrected chi connectivity index (χ4v) is 5.27.